The molecule has 4 rings (SSSR count). The van der Waals surface area contributed by atoms with Gasteiger partial charge in [0.15, 0.2) is 5.16 Å². The highest BCUT2D eigenvalue weighted by Crippen LogP contribution is 2.23. The Morgan fingerprint density at radius 2 is 1.70 bits per heavy atom. The van der Waals surface area contributed by atoms with Crippen molar-refractivity contribution in [3.63, 3.8) is 0 Å². The standard InChI is InChI=1S/C23H23FN4OS/c1-17-15-20(18-7-3-2-4-8-18)26-23(25-17)30-16-22(29)28-13-11-27(12-14-28)21-10-6-5-9-19(21)24/h2-10,15H,11-14,16H2,1H3. The van der Waals surface area contributed by atoms with Crippen LogP contribution >= 0.6 is 11.8 Å². The van der Waals surface area contributed by atoms with Crippen molar-refractivity contribution in [2.75, 3.05) is 36.8 Å². The van der Waals surface area contributed by atoms with E-state index in [2.05, 4.69) is 9.97 Å². The molecule has 1 aliphatic rings. The third kappa shape index (κ3) is 4.79. The number of aromatic nitrogens is 2. The summed E-state index contributed by atoms with van der Waals surface area (Å²) in [6.07, 6.45) is 0. The zero-order valence-electron chi connectivity index (χ0n) is 16.8. The molecule has 2 aromatic carbocycles. The minimum Gasteiger partial charge on any atom is -0.366 e. The van der Waals surface area contributed by atoms with Crippen LogP contribution in [0.1, 0.15) is 5.69 Å². The van der Waals surface area contributed by atoms with E-state index in [4.69, 9.17) is 0 Å². The topological polar surface area (TPSA) is 49.3 Å². The monoisotopic (exact) mass is 422 g/mol. The van der Waals surface area contributed by atoms with Gasteiger partial charge in [-0.2, -0.15) is 0 Å². The number of nitrogens with zero attached hydrogens (tertiary/aromatic N) is 4. The Labute approximate surface area is 180 Å². The van der Waals surface area contributed by atoms with Crippen LogP contribution in [0.5, 0.6) is 0 Å². The number of para-hydroxylation sites is 1. The molecule has 1 aromatic heterocycles. The Balaban J connectivity index is 1.34. The molecule has 7 heteroatoms. The number of carbonyl (C=O) groups is 1. The second-order valence-corrected chi connectivity index (χ2v) is 8.09. The molecule has 1 fully saturated rings. The van der Waals surface area contributed by atoms with E-state index in [-0.39, 0.29) is 17.5 Å². The van der Waals surface area contributed by atoms with Crippen molar-refractivity contribution < 1.29 is 9.18 Å². The number of piperazine rings is 1. The Bertz CT molecular complexity index is 1020. The summed E-state index contributed by atoms with van der Waals surface area (Å²) in [6, 6.07) is 18.7. The van der Waals surface area contributed by atoms with Gasteiger partial charge in [0.25, 0.3) is 0 Å². The Morgan fingerprint density at radius 1 is 1.00 bits per heavy atom. The summed E-state index contributed by atoms with van der Waals surface area (Å²) < 4.78 is 14.0. The Kier molecular flexibility index (Phi) is 6.28. The van der Waals surface area contributed by atoms with E-state index in [1.54, 1.807) is 12.1 Å². The summed E-state index contributed by atoms with van der Waals surface area (Å²) in [7, 11) is 0. The van der Waals surface area contributed by atoms with Crippen LogP contribution in [-0.4, -0.2) is 52.7 Å². The summed E-state index contributed by atoms with van der Waals surface area (Å²) >= 11 is 1.36. The minimum atomic E-state index is -0.223. The van der Waals surface area contributed by atoms with E-state index in [1.807, 2.05) is 59.2 Å². The van der Waals surface area contributed by atoms with Gasteiger partial charge in [0, 0.05) is 37.4 Å². The smallest absolute Gasteiger partial charge is 0.233 e. The fourth-order valence-corrected chi connectivity index (χ4v) is 4.29. The van der Waals surface area contributed by atoms with Gasteiger partial charge in [-0.15, -0.1) is 0 Å². The molecule has 0 unspecified atom stereocenters. The molecule has 154 valence electrons. The van der Waals surface area contributed by atoms with Crippen molar-refractivity contribution in [1.82, 2.24) is 14.9 Å². The average molecular weight is 423 g/mol. The van der Waals surface area contributed by atoms with Crippen LogP contribution in [0.15, 0.2) is 65.8 Å². The van der Waals surface area contributed by atoms with Gasteiger partial charge in [-0.05, 0) is 25.1 Å². The highest BCUT2D eigenvalue weighted by atomic mass is 32.2. The zero-order valence-corrected chi connectivity index (χ0v) is 17.6. The van der Waals surface area contributed by atoms with E-state index >= 15 is 0 Å². The lowest BCUT2D eigenvalue weighted by Crippen LogP contribution is -2.49. The average Bonchev–Trinajstić information content (AvgIpc) is 2.78. The summed E-state index contributed by atoms with van der Waals surface area (Å²) in [5.74, 6) is 0.121. The molecule has 2 heterocycles. The van der Waals surface area contributed by atoms with E-state index in [1.165, 1.54) is 17.8 Å². The molecular formula is C23H23FN4OS. The number of aryl methyl sites for hydroxylation is 1. The number of rotatable bonds is 5. The van der Waals surface area contributed by atoms with Crippen molar-refractivity contribution in [1.29, 1.82) is 0 Å². The molecule has 3 aromatic rings. The highest BCUT2D eigenvalue weighted by Gasteiger charge is 2.23. The van der Waals surface area contributed by atoms with Crippen LogP contribution in [0.25, 0.3) is 11.3 Å². The van der Waals surface area contributed by atoms with Crippen molar-refractivity contribution in [3.05, 3.63) is 72.2 Å². The van der Waals surface area contributed by atoms with Gasteiger partial charge in [-0.25, -0.2) is 14.4 Å². The summed E-state index contributed by atoms with van der Waals surface area (Å²) in [5, 5.41) is 0.604. The molecule has 0 N–H and O–H groups in total. The first-order chi connectivity index (χ1) is 14.6. The van der Waals surface area contributed by atoms with E-state index in [0.717, 1.165) is 17.0 Å². The molecule has 0 aliphatic carbocycles. The maximum Gasteiger partial charge on any atom is 0.233 e. The van der Waals surface area contributed by atoms with Crippen molar-refractivity contribution in [2.24, 2.45) is 0 Å². The minimum absolute atomic E-state index is 0.0551. The number of halogens is 1. The maximum absolute atomic E-state index is 14.0. The molecule has 30 heavy (non-hydrogen) atoms. The van der Waals surface area contributed by atoms with E-state index < -0.39 is 0 Å². The Morgan fingerprint density at radius 3 is 2.43 bits per heavy atom. The molecule has 0 spiro atoms. The fourth-order valence-electron chi connectivity index (χ4n) is 3.49. The van der Waals surface area contributed by atoms with Gasteiger partial charge in [-0.3, -0.25) is 4.79 Å². The lowest BCUT2D eigenvalue weighted by molar-refractivity contribution is -0.128. The predicted molar refractivity (Wildman–Crippen MR) is 118 cm³/mol. The van der Waals surface area contributed by atoms with Crippen molar-refractivity contribution in [2.45, 2.75) is 12.1 Å². The highest BCUT2D eigenvalue weighted by molar-refractivity contribution is 7.99. The third-order valence-corrected chi connectivity index (χ3v) is 5.89. The molecule has 0 bridgehead atoms. The first-order valence-electron chi connectivity index (χ1n) is 9.91. The normalized spacial score (nSPS) is 14.1. The molecular weight excluding hydrogens is 399 g/mol. The number of amides is 1. The van der Waals surface area contributed by atoms with Gasteiger partial charge >= 0.3 is 0 Å². The third-order valence-electron chi connectivity index (χ3n) is 5.05. The second kappa shape index (κ2) is 9.26. The number of hydrogen-bond donors (Lipinski definition) is 0. The van der Waals surface area contributed by atoms with Crippen LogP contribution in [0.3, 0.4) is 0 Å². The van der Waals surface area contributed by atoms with E-state index in [9.17, 15) is 9.18 Å². The molecule has 0 saturated carbocycles. The van der Waals surface area contributed by atoms with Crippen LogP contribution in [0.2, 0.25) is 0 Å². The van der Waals surface area contributed by atoms with Crippen LogP contribution < -0.4 is 4.90 Å². The number of carbonyl (C=O) groups excluding carboxylic acids is 1. The number of hydrogen-bond acceptors (Lipinski definition) is 5. The summed E-state index contributed by atoms with van der Waals surface area (Å²) in [4.78, 5) is 25.6. The molecule has 1 saturated heterocycles. The first kappa shape index (κ1) is 20.3. The largest absolute Gasteiger partial charge is 0.366 e. The molecule has 1 aliphatic heterocycles. The fraction of sp³-hybridized carbons (Fsp3) is 0.261. The zero-order chi connectivity index (χ0) is 20.9. The van der Waals surface area contributed by atoms with Gasteiger partial charge in [-0.1, -0.05) is 54.2 Å². The SMILES string of the molecule is Cc1cc(-c2ccccc2)nc(SCC(=O)N2CCN(c3ccccc3F)CC2)n1. The predicted octanol–water partition coefficient (Wildman–Crippen LogP) is 4.03. The summed E-state index contributed by atoms with van der Waals surface area (Å²) in [6.45, 7) is 4.34. The van der Waals surface area contributed by atoms with Gasteiger partial charge in [0.05, 0.1) is 17.1 Å². The van der Waals surface area contributed by atoms with Gasteiger partial charge in [0.2, 0.25) is 5.91 Å². The number of benzene rings is 2. The lowest BCUT2D eigenvalue weighted by atomic mass is 10.1. The van der Waals surface area contributed by atoms with Crippen LogP contribution in [-0.2, 0) is 4.79 Å². The Hall–Kier alpha value is -2.93. The summed E-state index contributed by atoms with van der Waals surface area (Å²) in [5.41, 5.74) is 3.36. The first-order valence-corrected chi connectivity index (χ1v) is 10.9. The number of anilines is 1. The van der Waals surface area contributed by atoms with E-state index in [0.29, 0.717) is 37.0 Å². The lowest BCUT2D eigenvalue weighted by Gasteiger charge is -2.36. The molecule has 0 radical (unpaired) electrons. The van der Waals surface area contributed by atoms with Gasteiger partial charge < -0.3 is 9.80 Å². The van der Waals surface area contributed by atoms with Crippen LogP contribution in [0.4, 0.5) is 10.1 Å². The quantitative estimate of drug-likeness (QED) is 0.459. The molecule has 1 amide bonds. The van der Waals surface area contributed by atoms with Crippen molar-refractivity contribution in [3.8, 4) is 11.3 Å². The van der Waals surface area contributed by atoms with Gasteiger partial charge in [0.1, 0.15) is 5.82 Å². The number of thioether (sulfide) groups is 1. The second-order valence-electron chi connectivity index (χ2n) is 7.15. The molecule has 0 atom stereocenters. The maximum atomic E-state index is 14.0. The van der Waals surface area contributed by atoms with Crippen molar-refractivity contribution >= 4 is 23.4 Å². The molecule has 5 nitrogen and oxygen atoms in total. The van der Waals surface area contributed by atoms with Crippen LogP contribution in [0, 0.1) is 12.7 Å².